The minimum Gasteiger partial charge on any atom is -0.497 e. The van der Waals surface area contributed by atoms with Crippen molar-refractivity contribution in [2.75, 3.05) is 26.7 Å². The maximum absolute atomic E-state index is 13.6. The number of benzene rings is 2. The highest BCUT2D eigenvalue weighted by Crippen LogP contribution is 2.19. The van der Waals surface area contributed by atoms with Crippen LogP contribution < -0.4 is 10.1 Å². The Morgan fingerprint density at radius 2 is 1.93 bits per heavy atom. The number of ether oxygens (including phenoxy) is 2. The van der Waals surface area contributed by atoms with E-state index in [2.05, 4.69) is 24.1 Å². The lowest BCUT2D eigenvalue weighted by molar-refractivity contribution is -0.129. The summed E-state index contributed by atoms with van der Waals surface area (Å²) in [5.41, 5.74) is 3.07. The minimum absolute atomic E-state index is 0.00887. The van der Waals surface area contributed by atoms with Crippen molar-refractivity contribution < 1.29 is 29.0 Å². The van der Waals surface area contributed by atoms with Crippen molar-refractivity contribution in [2.45, 2.75) is 51.5 Å². The number of cyclic esters (lactones) is 1. The smallest absolute Gasteiger partial charge is 0.411 e. The Balaban J connectivity index is 1.49. The maximum Gasteiger partial charge on any atom is 0.411 e. The van der Waals surface area contributed by atoms with Gasteiger partial charge in [-0.25, -0.2) is 4.79 Å². The van der Waals surface area contributed by atoms with Gasteiger partial charge in [-0.15, -0.1) is 11.3 Å². The Morgan fingerprint density at radius 1 is 1.19 bits per heavy atom. The second-order valence-corrected chi connectivity index (χ2v) is 11.5. The van der Waals surface area contributed by atoms with E-state index in [1.807, 2.05) is 30.3 Å². The molecule has 1 aliphatic rings. The Hall–Kier alpha value is -3.96. The van der Waals surface area contributed by atoms with Gasteiger partial charge in [-0.3, -0.25) is 19.5 Å². The predicted octanol–water partition coefficient (Wildman–Crippen LogP) is 3.75. The van der Waals surface area contributed by atoms with E-state index in [1.54, 1.807) is 48.0 Å². The molecule has 42 heavy (non-hydrogen) atoms. The number of carbonyl (C=O) groups is 3. The van der Waals surface area contributed by atoms with Gasteiger partial charge >= 0.3 is 6.09 Å². The zero-order valence-corrected chi connectivity index (χ0v) is 25.0. The third-order valence-electron chi connectivity index (χ3n) is 7.36. The molecule has 3 amide bonds. The molecule has 2 heterocycles. The highest BCUT2D eigenvalue weighted by Gasteiger charge is 2.38. The number of nitrogens with zero attached hydrogens (tertiary/aromatic N) is 3. The van der Waals surface area contributed by atoms with Gasteiger partial charge in [0.15, 0.2) is 6.10 Å². The normalized spacial score (nSPS) is 16.8. The van der Waals surface area contributed by atoms with Crippen LogP contribution in [0.15, 0.2) is 66.3 Å². The van der Waals surface area contributed by atoms with E-state index in [9.17, 15) is 19.5 Å². The highest BCUT2D eigenvalue weighted by molar-refractivity contribution is 7.09. The third-order valence-corrected chi connectivity index (χ3v) is 8.13. The van der Waals surface area contributed by atoms with E-state index in [-0.39, 0.29) is 24.9 Å². The molecule has 1 fully saturated rings. The van der Waals surface area contributed by atoms with Gasteiger partial charge < -0.3 is 24.8 Å². The highest BCUT2D eigenvalue weighted by atomic mass is 32.1. The molecule has 3 aromatic rings. The Morgan fingerprint density at radius 3 is 2.57 bits per heavy atom. The summed E-state index contributed by atoms with van der Waals surface area (Å²) in [5.74, 6) is 0.128. The SMILES string of the molecule is CC[C@@H](C)CN(C[C@@H](O)C(Cc1ccccc1)NC(=O)C1CN(Cc2cncs2)C(=O)O1)C(=O)c1ccc(OC)cc1. The summed E-state index contributed by atoms with van der Waals surface area (Å²) in [6.45, 7) is 4.95. The molecule has 0 spiro atoms. The van der Waals surface area contributed by atoms with Crippen molar-refractivity contribution in [2.24, 2.45) is 5.92 Å². The summed E-state index contributed by atoms with van der Waals surface area (Å²) >= 11 is 1.42. The van der Waals surface area contributed by atoms with Gasteiger partial charge in [0.2, 0.25) is 0 Å². The van der Waals surface area contributed by atoms with Crippen molar-refractivity contribution in [3.8, 4) is 5.75 Å². The van der Waals surface area contributed by atoms with E-state index >= 15 is 0 Å². The molecule has 0 radical (unpaired) electrons. The first kappa shape index (κ1) is 31.0. The second kappa shape index (κ2) is 14.8. The molecule has 0 saturated carbocycles. The molecular formula is C31H38N4O6S. The van der Waals surface area contributed by atoms with E-state index in [0.717, 1.165) is 16.9 Å². The van der Waals surface area contributed by atoms with Crippen LogP contribution in [0.3, 0.4) is 0 Å². The number of amides is 3. The van der Waals surface area contributed by atoms with Crippen molar-refractivity contribution >= 4 is 29.2 Å². The molecule has 4 rings (SSSR count). The lowest BCUT2D eigenvalue weighted by Gasteiger charge is -2.32. The summed E-state index contributed by atoms with van der Waals surface area (Å²) in [6, 6.07) is 15.6. The van der Waals surface area contributed by atoms with Gasteiger partial charge in [-0.05, 0) is 42.2 Å². The van der Waals surface area contributed by atoms with Crippen molar-refractivity contribution in [1.82, 2.24) is 20.1 Å². The first-order chi connectivity index (χ1) is 20.3. The molecule has 1 aliphatic heterocycles. The zero-order valence-electron chi connectivity index (χ0n) is 24.1. The van der Waals surface area contributed by atoms with Crippen molar-refractivity contribution in [1.29, 1.82) is 0 Å². The molecule has 4 atom stereocenters. The van der Waals surface area contributed by atoms with E-state index in [1.165, 1.54) is 16.2 Å². The van der Waals surface area contributed by atoms with Crippen LogP contribution in [0.1, 0.15) is 41.1 Å². The largest absolute Gasteiger partial charge is 0.497 e. The average Bonchev–Trinajstić information content (AvgIpc) is 3.66. The number of aliphatic hydroxyl groups excluding tert-OH is 1. The first-order valence-corrected chi connectivity index (χ1v) is 14.9. The predicted molar refractivity (Wildman–Crippen MR) is 159 cm³/mol. The Labute approximate surface area is 250 Å². The number of hydrogen-bond donors (Lipinski definition) is 2. The third kappa shape index (κ3) is 8.29. The molecular weight excluding hydrogens is 556 g/mol. The summed E-state index contributed by atoms with van der Waals surface area (Å²) in [6.07, 6.45) is 0.174. The number of rotatable bonds is 14. The van der Waals surface area contributed by atoms with Gasteiger partial charge in [0.05, 0.1) is 37.9 Å². The van der Waals surface area contributed by atoms with Crippen LogP contribution in [0.25, 0.3) is 0 Å². The zero-order chi connectivity index (χ0) is 30.1. The fourth-order valence-corrected chi connectivity index (χ4v) is 5.33. The number of nitrogens with one attached hydrogen (secondary N) is 1. The van der Waals surface area contributed by atoms with Crippen LogP contribution in [0.5, 0.6) is 5.75 Å². The number of methoxy groups -OCH3 is 1. The van der Waals surface area contributed by atoms with Crippen LogP contribution in [-0.4, -0.2) is 82.8 Å². The molecule has 2 aromatic carbocycles. The molecule has 2 N–H and O–H groups in total. The van der Waals surface area contributed by atoms with Crippen LogP contribution in [0, 0.1) is 5.92 Å². The standard InChI is InChI=1S/C31H38N4O6S/c1-4-21(2)16-34(30(38)23-10-12-24(40-3)13-11-23)18-27(36)26(14-22-8-6-5-7-9-22)33-29(37)28-19-35(31(39)41-28)17-25-15-32-20-42-25/h5-13,15,20-21,26-28,36H,4,14,16-19H2,1-3H3,(H,33,37)/t21-,26?,27-,28?/m1/s1. The number of hydrogen-bond acceptors (Lipinski definition) is 8. The first-order valence-electron chi connectivity index (χ1n) is 14.1. The summed E-state index contributed by atoms with van der Waals surface area (Å²) in [5, 5.41) is 14.4. The van der Waals surface area contributed by atoms with Crippen LogP contribution >= 0.6 is 11.3 Å². The van der Waals surface area contributed by atoms with Gasteiger partial charge in [0.25, 0.3) is 11.8 Å². The van der Waals surface area contributed by atoms with E-state index in [4.69, 9.17) is 9.47 Å². The van der Waals surface area contributed by atoms with Crippen molar-refractivity contribution in [3.63, 3.8) is 0 Å². The monoisotopic (exact) mass is 594 g/mol. The lowest BCUT2D eigenvalue weighted by Crippen LogP contribution is -2.53. The summed E-state index contributed by atoms with van der Waals surface area (Å²) in [7, 11) is 1.56. The lowest BCUT2D eigenvalue weighted by atomic mass is 9.99. The fraction of sp³-hybridized carbons (Fsp3) is 0.419. The van der Waals surface area contributed by atoms with E-state index < -0.39 is 30.3 Å². The fourth-order valence-electron chi connectivity index (χ4n) is 4.72. The van der Waals surface area contributed by atoms with Gasteiger partial charge in [0.1, 0.15) is 5.75 Å². The topological polar surface area (TPSA) is 121 Å². The van der Waals surface area contributed by atoms with Crippen LogP contribution in [0.4, 0.5) is 4.79 Å². The summed E-state index contributed by atoms with van der Waals surface area (Å²) < 4.78 is 10.6. The van der Waals surface area contributed by atoms with Gasteiger partial charge in [-0.2, -0.15) is 0 Å². The molecule has 10 nitrogen and oxygen atoms in total. The summed E-state index contributed by atoms with van der Waals surface area (Å²) in [4.78, 5) is 47.4. The molecule has 1 saturated heterocycles. The molecule has 0 bridgehead atoms. The Bertz CT molecular complexity index is 1300. The van der Waals surface area contributed by atoms with E-state index in [0.29, 0.717) is 30.8 Å². The average molecular weight is 595 g/mol. The molecule has 2 unspecified atom stereocenters. The van der Waals surface area contributed by atoms with Crippen molar-refractivity contribution in [3.05, 3.63) is 82.3 Å². The van der Waals surface area contributed by atoms with Gasteiger partial charge in [-0.1, -0.05) is 50.6 Å². The minimum atomic E-state index is -1.09. The second-order valence-electron chi connectivity index (χ2n) is 10.5. The number of aliphatic hydroxyl groups is 1. The quantitative estimate of drug-likeness (QED) is 0.292. The molecule has 224 valence electrons. The van der Waals surface area contributed by atoms with Crippen LogP contribution in [0.2, 0.25) is 0 Å². The molecule has 0 aliphatic carbocycles. The number of aromatic nitrogens is 1. The van der Waals surface area contributed by atoms with Crippen LogP contribution in [-0.2, 0) is 22.5 Å². The van der Waals surface area contributed by atoms with Gasteiger partial charge in [0, 0.05) is 29.7 Å². The molecule has 1 aromatic heterocycles. The molecule has 11 heteroatoms. The number of carbonyl (C=O) groups excluding carboxylic acids is 3. The Kier molecular flexibility index (Phi) is 10.9. The number of thiazole rings is 1. The maximum atomic E-state index is 13.6.